The number of hydrogen-bond donors (Lipinski definition) is 2. The molecule has 0 aromatic heterocycles. The van der Waals surface area contributed by atoms with E-state index in [-0.39, 0.29) is 12.1 Å². The first kappa shape index (κ1) is 23.5. The van der Waals surface area contributed by atoms with Gasteiger partial charge in [-0.05, 0) is 0 Å². The summed E-state index contributed by atoms with van der Waals surface area (Å²) in [7, 11) is 0. The highest BCUT2D eigenvalue weighted by Gasteiger charge is 2.44. The zero-order valence-electron chi connectivity index (χ0n) is 15.0. The highest BCUT2D eigenvalue weighted by Crippen LogP contribution is 2.55. The second kappa shape index (κ2) is 8.17. The molecule has 2 aromatic carbocycles. The number of rotatable bonds is 8. The van der Waals surface area contributed by atoms with Crippen LogP contribution in [-0.2, 0) is 0 Å². The highest BCUT2D eigenvalue weighted by molar-refractivity contribution is 5.79. The fourth-order valence-corrected chi connectivity index (χ4v) is 2.42. The van der Waals surface area contributed by atoms with Gasteiger partial charge in [0, 0.05) is 0 Å². The van der Waals surface area contributed by atoms with Crippen molar-refractivity contribution in [1.29, 1.82) is 0 Å². The number of ether oxygens (including phenoxy) is 1. The van der Waals surface area contributed by atoms with Crippen LogP contribution in [-0.4, -0.2) is 39.8 Å². The molecule has 21 heteroatoms. The highest BCUT2D eigenvalue weighted by atomic mass is 16.7. The van der Waals surface area contributed by atoms with Crippen LogP contribution in [0.25, 0.3) is 0 Å². The third-order valence-corrected chi connectivity index (χ3v) is 3.73. The third kappa shape index (κ3) is 3.98. The predicted octanol–water partition coefficient (Wildman–Crippen LogP) is 2.34. The fourth-order valence-electron chi connectivity index (χ4n) is 2.42. The lowest BCUT2D eigenvalue weighted by Gasteiger charge is -2.10. The number of benzene rings is 2. The van der Waals surface area contributed by atoms with Gasteiger partial charge in [-0.3, -0.25) is 60.7 Å². The molecule has 0 radical (unpaired) electrons. The van der Waals surface area contributed by atoms with Crippen molar-refractivity contribution in [1.82, 2.24) is 0 Å². The van der Waals surface area contributed by atoms with Gasteiger partial charge < -0.3 is 14.9 Å². The van der Waals surface area contributed by atoms with Crippen LogP contribution in [0.4, 0.5) is 34.1 Å². The number of phenolic OH excluding ortho intramolecular Hbond substituents is 2. The summed E-state index contributed by atoms with van der Waals surface area (Å²) >= 11 is 0. The van der Waals surface area contributed by atoms with Gasteiger partial charge >= 0.3 is 34.1 Å². The molecule has 0 saturated heterocycles. The number of aromatic hydroxyl groups is 2. The fraction of sp³-hybridized carbons (Fsp3) is 0. The van der Waals surface area contributed by atoms with Crippen LogP contribution in [0.15, 0.2) is 12.1 Å². The molecule has 0 fully saturated rings. The number of nitro groups is 6. The lowest BCUT2D eigenvalue weighted by atomic mass is 10.1. The van der Waals surface area contributed by atoms with Gasteiger partial charge in [0.15, 0.2) is 0 Å². The standard InChI is InChI=1S/C12H4N6O15/c19-9-3(13(21)22)1-5(15(25)26)11(7(9)17(29)30)33-12-6(16(27)28)2-4(14(23)24)10(20)8(12)18(31)32/h1-2,19-20H. The van der Waals surface area contributed by atoms with Crippen molar-refractivity contribution >= 4 is 34.1 Å². The van der Waals surface area contributed by atoms with E-state index < -0.39 is 86.7 Å². The number of phenols is 2. The van der Waals surface area contributed by atoms with Crippen molar-refractivity contribution < 1.29 is 44.5 Å². The molecule has 0 bridgehead atoms. The van der Waals surface area contributed by atoms with Gasteiger partial charge in [-0.1, -0.05) is 0 Å². The Hall–Kier alpha value is -5.76. The van der Waals surface area contributed by atoms with Crippen LogP contribution in [0.1, 0.15) is 0 Å². The molecule has 0 aliphatic carbocycles. The lowest BCUT2D eigenvalue weighted by molar-refractivity contribution is -0.408. The van der Waals surface area contributed by atoms with Gasteiger partial charge in [0.2, 0.25) is 0 Å². The first-order valence-corrected chi connectivity index (χ1v) is 7.54. The molecule has 0 saturated carbocycles. The molecule has 0 aliphatic rings. The zero-order valence-corrected chi connectivity index (χ0v) is 15.0. The number of nitro benzene ring substituents is 6. The van der Waals surface area contributed by atoms with Crippen molar-refractivity contribution in [3.05, 3.63) is 72.8 Å². The van der Waals surface area contributed by atoms with Gasteiger partial charge in [0.25, 0.3) is 23.0 Å². The molecule has 21 nitrogen and oxygen atoms in total. The summed E-state index contributed by atoms with van der Waals surface area (Å²) in [6.07, 6.45) is 0. The largest absolute Gasteiger partial charge is 0.497 e. The van der Waals surface area contributed by atoms with Crippen molar-refractivity contribution in [3.8, 4) is 23.0 Å². The lowest BCUT2D eigenvalue weighted by Crippen LogP contribution is -2.05. The molecule has 0 atom stereocenters. The van der Waals surface area contributed by atoms with Crippen LogP contribution >= 0.6 is 0 Å². The molecule has 0 spiro atoms. The monoisotopic (exact) mass is 472 g/mol. The average molecular weight is 472 g/mol. The minimum absolute atomic E-state index is 0.0411. The SMILES string of the molecule is O=[N+]([O-])c1cc([N+](=O)[O-])c(Oc2c([N+](=O)[O-])cc([N+](=O)[O-])c(O)c2[N+](=O)[O-])c([N+](=O)[O-])c1O. The summed E-state index contributed by atoms with van der Waals surface area (Å²) in [5, 5.41) is 86.9. The van der Waals surface area contributed by atoms with Crippen LogP contribution < -0.4 is 4.74 Å². The molecule has 33 heavy (non-hydrogen) atoms. The second-order valence-corrected chi connectivity index (χ2v) is 5.53. The number of hydrogen-bond acceptors (Lipinski definition) is 15. The summed E-state index contributed by atoms with van der Waals surface area (Å²) < 4.78 is 4.65. The Labute approximate surface area is 175 Å². The minimum Gasteiger partial charge on any atom is -0.497 e. The maximum absolute atomic E-state index is 11.3. The van der Waals surface area contributed by atoms with E-state index in [0.717, 1.165) is 0 Å². The molecular weight excluding hydrogens is 468 g/mol. The molecule has 172 valence electrons. The molecule has 2 rings (SSSR count). The van der Waals surface area contributed by atoms with E-state index in [4.69, 9.17) is 0 Å². The van der Waals surface area contributed by atoms with E-state index in [1.54, 1.807) is 0 Å². The molecule has 2 N–H and O–H groups in total. The van der Waals surface area contributed by atoms with Gasteiger partial charge in [-0.25, -0.2) is 0 Å². The normalized spacial score (nSPS) is 10.3. The van der Waals surface area contributed by atoms with Crippen molar-refractivity contribution in [2.75, 3.05) is 0 Å². The predicted molar refractivity (Wildman–Crippen MR) is 96.2 cm³/mol. The molecule has 0 unspecified atom stereocenters. The van der Waals surface area contributed by atoms with E-state index in [1.165, 1.54) is 0 Å². The van der Waals surface area contributed by atoms with E-state index in [1.807, 2.05) is 0 Å². The summed E-state index contributed by atoms with van der Waals surface area (Å²) in [6.45, 7) is 0. The third-order valence-electron chi connectivity index (χ3n) is 3.73. The maximum Gasteiger partial charge on any atom is 0.367 e. The van der Waals surface area contributed by atoms with E-state index in [0.29, 0.717) is 0 Å². The average Bonchev–Trinajstić information content (AvgIpc) is 2.66. The second-order valence-electron chi connectivity index (χ2n) is 5.53. The van der Waals surface area contributed by atoms with Crippen molar-refractivity contribution in [2.24, 2.45) is 0 Å². The van der Waals surface area contributed by atoms with E-state index in [2.05, 4.69) is 4.74 Å². The quantitative estimate of drug-likeness (QED) is 0.411. The molecule has 0 aliphatic heterocycles. The minimum atomic E-state index is -1.89. The van der Waals surface area contributed by atoms with Gasteiger partial charge in [0.05, 0.1) is 29.5 Å². The Morgan fingerprint density at radius 3 is 1.00 bits per heavy atom. The van der Waals surface area contributed by atoms with Gasteiger partial charge in [0.1, 0.15) is 12.1 Å². The molecular formula is C12H4N6O15. The Bertz CT molecular complexity index is 1190. The first-order chi connectivity index (χ1) is 15.2. The smallest absolute Gasteiger partial charge is 0.367 e. The molecule has 0 amide bonds. The van der Waals surface area contributed by atoms with Crippen LogP contribution in [0.3, 0.4) is 0 Å². The van der Waals surface area contributed by atoms with Crippen LogP contribution in [0.2, 0.25) is 0 Å². The zero-order chi connectivity index (χ0) is 25.4. The first-order valence-electron chi connectivity index (χ1n) is 7.54. The number of nitrogens with zero attached hydrogens (tertiary/aromatic N) is 6. The Balaban J connectivity index is 3.07. The van der Waals surface area contributed by atoms with Crippen molar-refractivity contribution in [3.63, 3.8) is 0 Å². The topological polar surface area (TPSA) is 309 Å². The van der Waals surface area contributed by atoms with Gasteiger partial charge in [-0.15, -0.1) is 0 Å². The van der Waals surface area contributed by atoms with E-state index >= 15 is 0 Å². The van der Waals surface area contributed by atoms with E-state index in [9.17, 15) is 70.9 Å². The van der Waals surface area contributed by atoms with Crippen molar-refractivity contribution in [2.45, 2.75) is 0 Å². The molecule has 0 heterocycles. The Morgan fingerprint density at radius 1 is 0.515 bits per heavy atom. The summed E-state index contributed by atoms with van der Waals surface area (Å²) in [6, 6.07) is -0.0822. The van der Waals surface area contributed by atoms with Crippen LogP contribution in [0.5, 0.6) is 23.0 Å². The summed E-state index contributed by atoms with van der Waals surface area (Å²) in [5.74, 6) is -7.12. The molecule has 2 aromatic rings. The maximum atomic E-state index is 11.3. The Kier molecular flexibility index (Phi) is 5.82. The summed E-state index contributed by atoms with van der Waals surface area (Å²) in [4.78, 5) is 58.0. The summed E-state index contributed by atoms with van der Waals surface area (Å²) in [5.41, 5.74) is -10.2. The van der Waals surface area contributed by atoms with Gasteiger partial charge in [-0.2, -0.15) is 0 Å². The Morgan fingerprint density at radius 2 is 0.788 bits per heavy atom. The van der Waals surface area contributed by atoms with Crippen LogP contribution in [0, 0.1) is 60.7 Å².